The SMILES string of the molecule is Cc1nn(Cc2cc(Br)ccc2F)c(C)c1N. The first-order chi connectivity index (χ1) is 7.99. The summed E-state index contributed by atoms with van der Waals surface area (Å²) in [7, 11) is 0. The maximum Gasteiger partial charge on any atom is 0.128 e. The van der Waals surface area contributed by atoms with Crippen molar-refractivity contribution in [3.63, 3.8) is 0 Å². The highest BCUT2D eigenvalue weighted by Gasteiger charge is 2.10. The van der Waals surface area contributed by atoms with E-state index in [9.17, 15) is 4.39 Å². The van der Waals surface area contributed by atoms with Gasteiger partial charge in [-0.2, -0.15) is 5.10 Å². The second-order valence-electron chi connectivity index (χ2n) is 3.98. The molecule has 2 rings (SSSR count). The first kappa shape index (κ1) is 12.1. The fourth-order valence-corrected chi connectivity index (χ4v) is 2.10. The highest BCUT2D eigenvalue weighted by atomic mass is 79.9. The Balaban J connectivity index is 2.37. The predicted molar refractivity (Wildman–Crippen MR) is 69.3 cm³/mol. The minimum Gasteiger partial charge on any atom is -0.396 e. The maximum absolute atomic E-state index is 13.6. The topological polar surface area (TPSA) is 43.8 Å². The van der Waals surface area contributed by atoms with E-state index in [2.05, 4.69) is 21.0 Å². The molecule has 2 aromatic rings. The minimum atomic E-state index is -0.237. The van der Waals surface area contributed by atoms with Gasteiger partial charge in [0.05, 0.1) is 23.6 Å². The molecule has 3 nitrogen and oxygen atoms in total. The number of aryl methyl sites for hydroxylation is 1. The highest BCUT2D eigenvalue weighted by Crippen LogP contribution is 2.20. The zero-order valence-electron chi connectivity index (χ0n) is 9.67. The first-order valence-electron chi connectivity index (χ1n) is 5.22. The number of nitrogens with two attached hydrogens (primary N) is 1. The Labute approximate surface area is 108 Å². The van der Waals surface area contributed by atoms with Gasteiger partial charge in [0.1, 0.15) is 5.82 Å². The van der Waals surface area contributed by atoms with E-state index in [0.29, 0.717) is 17.8 Å². The zero-order chi connectivity index (χ0) is 12.6. The van der Waals surface area contributed by atoms with E-state index in [4.69, 9.17) is 5.73 Å². The number of halogens is 2. The number of rotatable bonds is 2. The number of nitrogen functional groups attached to an aromatic ring is 1. The molecule has 0 saturated carbocycles. The molecule has 0 aliphatic heterocycles. The third-order valence-electron chi connectivity index (χ3n) is 2.77. The zero-order valence-corrected chi connectivity index (χ0v) is 11.3. The Kier molecular flexibility index (Phi) is 3.19. The lowest BCUT2D eigenvalue weighted by molar-refractivity contribution is 0.578. The smallest absolute Gasteiger partial charge is 0.128 e. The number of nitrogens with zero attached hydrogens (tertiary/aromatic N) is 2. The third-order valence-corrected chi connectivity index (χ3v) is 3.26. The molecule has 17 heavy (non-hydrogen) atoms. The quantitative estimate of drug-likeness (QED) is 0.926. The van der Waals surface area contributed by atoms with Crippen LogP contribution in [-0.4, -0.2) is 9.78 Å². The van der Waals surface area contributed by atoms with Crippen LogP contribution in [0.15, 0.2) is 22.7 Å². The molecule has 0 radical (unpaired) electrons. The molecule has 1 aromatic heterocycles. The van der Waals surface area contributed by atoms with Gasteiger partial charge >= 0.3 is 0 Å². The first-order valence-corrected chi connectivity index (χ1v) is 6.01. The highest BCUT2D eigenvalue weighted by molar-refractivity contribution is 9.10. The van der Waals surface area contributed by atoms with Crippen LogP contribution in [0.25, 0.3) is 0 Å². The fourth-order valence-electron chi connectivity index (χ4n) is 1.69. The van der Waals surface area contributed by atoms with Crippen LogP contribution >= 0.6 is 15.9 Å². The minimum absolute atomic E-state index is 0.237. The molecular formula is C12H13BrFN3. The summed E-state index contributed by atoms with van der Waals surface area (Å²) in [6, 6.07) is 4.87. The van der Waals surface area contributed by atoms with Crippen LogP contribution in [0, 0.1) is 19.7 Å². The van der Waals surface area contributed by atoms with Crippen molar-refractivity contribution in [2.75, 3.05) is 5.73 Å². The van der Waals surface area contributed by atoms with Gasteiger partial charge in [0.2, 0.25) is 0 Å². The van der Waals surface area contributed by atoms with Gasteiger partial charge in [-0.15, -0.1) is 0 Å². The van der Waals surface area contributed by atoms with Gasteiger partial charge in [0.15, 0.2) is 0 Å². The van der Waals surface area contributed by atoms with Crippen LogP contribution in [-0.2, 0) is 6.54 Å². The van der Waals surface area contributed by atoms with Crippen molar-refractivity contribution in [2.24, 2.45) is 0 Å². The molecule has 0 fully saturated rings. The maximum atomic E-state index is 13.6. The van der Waals surface area contributed by atoms with E-state index in [-0.39, 0.29) is 5.82 Å². The predicted octanol–water partition coefficient (Wildman–Crippen LogP) is 3.03. The molecule has 1 aromatic carbocycles. The summed E-state index contributed by atoms with van der Waals surface area (Å²) >= 11 is 3.33. The molecule has 0 amide bonds. The number of aromatic nitrogens is 2. The molecule has 0 bridgehead atoms. The van der Waals surface area contributed by atoms with Gasteiger partial charge in [-0.3, -0.25) is 4.68 Å². The number of benzene rings is 1. The molecule has 2 N–H and O–H groups in total. The van der Waals surface area contributed by atoms with Gasteiger partial charge in [-0.05, 0) is 32.0 Å². The molecule has 0 saturated heterocycles. The monoisotopic (exact) mass is 297 g/mol. The second kappa shape index (κ2) is 4.49. The summed E-state index contributed by atoms with van der Waals surface area (Å²) in [6.07, 6.45) is 0. The average molecular weight is 298 g/mol. The van der Waals surface area contributed by atoms with Crippen LogP contribution in [0.5, 0.6) is 0 Å². The molecule has 90 valence electrons. The third kappa shape index (κ3) is 2.34. The Morgan fingerprint density at radius 1 is 1.41 bits per heavy atom. The van der Waals surface area contributed by atoms with Crippen molar-refractivity contribution >= 4 is 21.6 Å². The molecule has 5 heteroatoms. The van der Waals surface area contributed by atoms with E-state index >= 15 is 0 Å². The van der Waals surface area contributed by atoms with E-state index < -0.39 is 0 Å². The van der Waals surface area contributed by atoms with Crippen molar-refractivity contribution in [2.45, 2.75) is 20.4 Å². The van der Waals surface area contributed by atoms with Crippen LogP contribution in [0.3, 0.4) is 0 Å². The summed E-state index contributed by atoms with van der Waals surface area (Å²) in [5.74, 6) is -0.237. The normalized spacial score (nSPS) is 10.8. The van der Waals surface area contributed by atoms with Crippen molar-refractivity contribution in [1.82, 2.24) is 9.78 Å². The molecular weight excluding hydrogens is 285 g/mol. The Bertz CT molecular complexity index is 563. The molecule has 0 unspecified atom stereocenters. The molecule has 0 aliphatic rings. The lowest BCUT2D eigenvalue weighted by atomic mass is 10.2. The summed E-state index contributed by atoms with van der Waals surface area (Å²) < 4.78 is 16.2. The fraction of sp³-hybridized carbons (Fsp3) is 0.250. The van der Waals surface area contributed by atoms with Crippen LogP contribution < -0.4 is 5.73 Å². The van der Waals surface area contributed by atoms with Crippen molar-refractivity contribution < 1.29 is 4.39 Å². The van der Waals surface area contributed by atoms with Gasteiger partial charge < -0.3 is 5.73 Å². The Morgan fingerprint density at radius 3 is 2.71 bits per heavy atom. The van der Waals surface area contributed by atoms with E-state index in [0.717, 1.165) is 15.9 Å². The van der Waals surface area contributed by atoms with Gasteiger partial charge in [-0.25, -0.2) is 4.39 Å². The van der Waals surface area contributed by atoms with Crippen LogP contribution in [0.4, 0.5) is 10.1 Å². The standard InChI is InChI=1S/C12H13BrFN3/c1-7-12(15)8(2)17(16-7)6-9-5-10(13)3-4-11(9)14/h3-5H,6,15H2,1-2H3. The lowest BCUT2D eigenvalue weighted by Crippen LogP contribution is -2.06. The largest absolute Gasteiger partial charge is 0.396 e. The van der Waals surface area contributed by atoms with Crippen molar-refractivity contribution in [1.29, 1.82) is 0 Å². The average Bonchev–Trinajstić information content (AvgIpc) is 2.52. The van der Waals surface area contributed by atoms with Gasteiger partial charge in [-0.1, -0.05) is 15.9 Å². The molecule has 0 aliphatic carbocycles. The van der Waals surface area contributed by atoms with Crippen molar-refractivity contribution in [3.8, 4) is 0 Å². The van der Waals surface area contributed by atoms with E-state index in [1.807, 2.05) is 13.8 Å². The van der Waals surface area contributed by atoms with Gasteiger partial charge in [0, 0.05) is 10.0 Å². The van der Waals surface area contributed by atoms with E-state index in [1.165, 1.54) is 6.07 Å². The van der Waals surface area contributed by atoms with Crippen LogP contribution in [0.2, 0.25) is 0 Å². The Morgan fingerprint density at radius 2 is 2.12 bits per heavy atom. The van der Waals surface area contributed by atoms with Crippen LogP contribution in [0.1, 0.15) is 17.0 Å². The summed E-state index contributed by atoms with van der Waals surface area (Å²) in [5.41, 5.74) is 8.73. The number of hydrogen-bond donors (Lipinski definition) is 1. The summed E-state index contributed by atoms with van der Waals surface area (Å²) in [6.45, 7) is 4.11. The number of hydrogen-bond acceptors (Lipinski definition) is 2. The molecule has 0 spiro atoms. The lowest BCUT2D eigenvalue weighted by Gasteiger charge is -2.06. The van der Waals surface area contributed by atoms with E-state index in [1.54, 1.807) is 16.8 Å². The number of anilines is 1. The Hall–Kier alpha value is -1.36. The second-order valence-corrected chi connectivity index (χ2v) is 4.89. The molecule has 0 atom stereocenters. The van der Waals surface area contributed by atoms with Crippen molar-refractivity contribution in [3.05, 3.63) is 45.4 Å². The summed E-state index contributed by atoms with van der Waals surface area (Å²) in [4.78, 5) is 0. The molecule has 1 heterocycles. The summed E-state index contributed by atoms with van der Waals surface area (Å²) in [5, 5.41) is 4.29. The van der Waals surface area contributed by atoms with Gasteiger partial charge in [0.25, 0.3) is 0 Å².